The summed E-state index contributed by atoms with van der Waals surface area (Å²) >= 11 is 0. The molecule has 2 heterocycles. The summed E-state index contributed by atoms with van der Waals surface area (Å²) in [5.74, 6) is 1.94. The third-order valence-corrected chi connectivity index (χ3v) is 12.9. The van der Waals surface area contributed by atoms with Gasteiger partial charge in [-0.25, -0.2) is 15.0 Å². The first kappa shape index (κ1) is 35.3. The Morgan fingerprint density at radius 1 is 0.390 bits per heavy atom. The highest BCUT2D eigenvalue weighted by atomic mass is 15.0. The molecule has 0 spiro atoms. The molecule has 11 rings (SSSR count). The minimum absolute atomic E-state index is 0.0910. The van der Waals surface area contributed by atoms with Gasteiger partial charge in [-0.2, -0.15) is 0 Å². The van der Waals surface area contributed by atoms with E-state index < -0.39 is 0 Å². The van der Waals surface area contributed by atoms with E-state index in [1.165, 1.54) is 56.5 Å². The molecule has 0 saturated heterocycles. The third kappa shape index (κ3) is 5.93. The van der Waals surface area contributed by atoms with Crippen molar-refractivity contribution in [2.75, 3.05) is 0 Å². The normalized spacial score (nSPS) is 14.6. The molecule has 2 aromatic heterocycles. The van der Waals surface area contributed by atoms with Crippen molar-refractivity contribution in [2.24, 2.45) is 0 Å². The fraction of sp³-hybridized carbons (Fsp3) is 0.145. The van der Waals surface area contributed by atoms with Crippen molar-refractivity contribution in [1.29, 1.82) is 0 Å². The second-order valence-electron chi connectivity index (χ2n) is 17.6. The molecule has 0 N–H and O–H groups in total. The highest BCUT2D eigenvalue weighted by Gasteiger charge is 2.38. The lowest BCUT2D eigenvalue weighted by molar-refractivity contribution is 0.332. The van der Waals surface area contributed by atoms with Gasteiger partial charge >= 0.3 is 0 Å². The Morgan fingerprint density at radius 3 is 1.69 bits per heavy atom. The van der Waals surface area contributed by atoms with Crippen LogP contribution in [0.2, 0.25) is 0 Å². The number of aromatic nitrogens is 4. The van der Waals surface area contributed by atoms with Gasteiger partial charge in [0.2, 0.25) is 0 Å². The van der Waals surface area contributed by atoms with E-state index in [1.54, 1.807) is 0 Å². The molecule has 0 fully saturated rings. The predicted octanol–water partition coefficient (Wildman–Crippen LogP) is 14.3. The van der Waals surface area contributed by atoms with Gasteiger partial charge < -0.3 is 4.57 Å². The number of hydrogen-bond acceptors (Lipinski definition) is 3. The van der Waals surface area contributed by atoms with E-state index >= 15 is 0 Å². The van der Waals surface area contributed by atoms with Crippen molar-refractivity contribution >= 4 is 43.4 Å². The van der Waals surface area contributed by atoms with Crippen LogP contribution in [0.15, 0.2) is 170 Å². The molecule has 0 unspecified atom stereocenters. The van der Waals surface area contributed by atoms with E-state index in [9.17, 15) is 0 Å². The summed E-state index contributed by atoms with van der Waals surface area (Å²) in [4.78, 5) is 15.6. The zero-order valence-electron chi connectivity index (χ0n) is 33.9. The summed E-state index contributed by atoms with van der Waals surface area (Å²) < 4.78 is 2.47. The van der Waals surface area contributed by atoms with Gasteiger partial charge in [-0.1, -0.05) is 143 Å². The molecule has 0 radical (unpaired) electrons. The topological polar surface area (TPSA) is 43.6 Å². The van der Waals surface area contributed by atoms with Crippen LogP contribution in [0, 0.1) is 0 Å². The summed E-state index contributed by atoms with van der Waals surface area (Å²) in [5, 5.41) is 7.34. The Hall–Kier alpha value is -6.91. The molecule has 0 bridgehead atoms. The summed E-state index contributed by atoms with van der Waals surface area (Å²) in [7, 11) is 0. The lowest BCUT2D eigenvalue weighted by Gasteiger charge is -2.42. The van der Waals surface area contributed by atoms with Crippen molar-refractivity contribution in [3.05, 3.63) is 181 Å². The molecule has 4 heteroatoms. The van der Waals surface area contributed by atoms with E-state index in [-0.39, 0.29) is 10.8 Å². The Morgan fingerprint density at radius 2 is 0.932 bits per heavy atom. The molecule has 1 aliphatic rings. The predicted molar refractivity (Wildman–Crippen MR) is 246 cm³/mol. The van der Waals surface area contributed by atoms with Crippen molar-refractivity contribution in [1.82, 2.24) is 19.5 Å². The van der Waals surface area contributed by atoms with Gasteiger partial charge in [0.25, 0.3) is 0 Å². The van der Waals surface area contributed by atoms with Crippen LogP contribution in [0.4, 0.5) is 0 Å². The number of nitrogens with zero attached hydrogens (tertiary/aromatic N) is 4. The maximum atomic E-state index is 5.21. The zero-order chi connectivity index (χ0) is 39.9. The van der Waals surface area contributed by atoms with Crippen molar-refractivity contribution < 1.29 is 0 Å². The van der Waals surface area contributed by atoms with Gasteiger partial charge in [-0.3, -0.25) is 0 Å². The molecule has 0 saturated carbocycles. The van der Waals surface area contributed by atoms with Gasteiger partial charge in [0, 0.05) is 33.2 Å². The molecule has 10 aromatic rings. The van der Waals surface area contributed by atoms with Gasteiger partial charge in [-0.05, 0) is 122 Å². The van der Waals surface area contributed by atoms with E-state index in [2.05, 4.69) is 196 Å². The molecule has 1 aliphatic carbocycles. The molecule has 284 valence electrons. The second kappa shape index (κ2) is 13.3. The molecule has 0 aliphatic heterocycles. The van der Waals surface area contributed by atoms with E-state index in [4.69, 9.17) is 15.0 Å². The quantitative estimate of drug-likeness (QED) is 0.175. The maximum absolute atomic E-state index is 5.21. The number of hydrogen-bond donors (Lipinski definition) is 0. The lowest BCUT2D eigenvalue weighted by Crippen LogP contribution is -2.33. The summed E-state index contributed by atoms with van der Waals surface area (Å²) in [6.45, 7) is 9.66. The molecular weight excluding hydrogens is 717 g/mol. The first-order valence-electron chi connectivity index (χ1n) is 20.7. The maximum Gasteiger partial charge on any atom is 0.164 e. The number of fused-ring (bicyclic) bond motifs is 6. The average molecular weight is 761 g/mol. The summed E-state index contributed by atoms with van der Waals surface area (Å²) in [5.41, 5.74) is 11.8. The van der Waals surface area contributed by atoms with Crippen LogP contribution in [0.3, 0.4) is 0 Å². The van der Waals surface area contributed by atoms with Gasteiger partial charge in [0.15, 0.2) is 17.5 Å². The minimum atomic E-state index is 0.0910. The highest BCUT2D eigenvalue weighted by Crippen LogP contribution is 2.49. The standard InChI is InChI=1S/C55H44N4/c1-54(2)28-29-55(3,4)48-34-50-46(33-47(48)54)45-31-39-17-8-9-18-40(39)32-49(45)59(50)42-26-24-37(25-27-42)51-56-52(41-21-12-20-38(30-41)35-14-6-5-7-15-35)58-53(57-51)44-23-13-19-36-16-10-11-22-43(36)44/h5-27,30-34H,28-29H2,1-4H3. The second-order valence-corrected chi connectivity index (χ2v) is 17.6. The monoisotopic (exact) mass is 760 g/mol. The van der Waals surface area contributed by atoms with Gasteiger partial charge in [-0.15, -0.1) is 0 Å². The first-order chi connectivity index (χ1) is 28.7. The van der Waals surface area contributed by atoms with Crippen LogP contribution in [0.1, 0.15) is 51.7 Å². The fourth-order valence-corrected chi connectivity index (χ4v) is 9.44. The number of rotatable bonds is 5. The lowest BCUT2D eigenvalue weighted by atomic mass is 9.63. The van der Waals surface area contributed by atoms with Crippen molar-refractivity contribution in [2.45, 2.75) is 51.4 Å². The van der Waals surface area contributed by atoms with E-state index in [1.807, 2.05) is 6.07 Å². The third-order valence-electron chi connectivity index (χ3n) is 12.9. The molecule has 59 heavy (non-hydrogen) atoms. The molecule has 0 amide bonds. The SMILES string of the molecule is CC1(C)CCC(C)(C)c2cc3c(cc21)c1cc2ccccc2cc1n3-c1ccc(-c2nc(-c3cccc(-c4ccccc4)c3)nc(-c3cccc4ccccc34)n2)cc1. The average Bonchev–Trinajstić information content (AvgIpc) is 3.59. The highest BCUT2D eigenvalue weighted by molar-refractivity contribution is 6.14. The smallest absolute Gasteiger partial charge is 0.164 e. The zero-order valence-corrected chi connectivity index (χ0v) is 33.9. The molecule has 4 nitrogen and oxygen atoms in total. The largest absolute Gasteiger partial charge is 0.309 e. The Kier molecular flexibility index (Phi) is 7.96. The van der Waals surface area contributed by atoms with E-state index in [0.29, 0.717) is 17.5 Å². The number of benzene rings is 8. The molecule has 8 aromatic carbocycles. The van der Waals surface area contributed by atoms with Crippen LogP contribution in [0.25, 0.3) is 94.3 Å². The van der Waals surface area contributed by atoms with Crippen LogP contribution in [-0.2, 0) is 10.8 Å². The van der Waals surface area contributed by atoms with E-state index in [0.717, 1.165) is 44.3 Å². The van der Waals surface area contributed by atoms with Gasteiger partial charge in [0.05, 0.1) is 11.0 Å². The molecule has 0 atom stereocenters. The van der Waals surface area contributed by atoms with Gasteiger partial charge in [0.1, 0.15) is 0 Å². The summed E-state index contributed by atoms with van der Waals surface area (Å²) in [6, 6.07) is 61.0. The Balaban J connectivity index is 1.10. The molecular formula is C55H44N4. The first-order valence-corrected chi connectivity index (χ1v) is 20.7. The Labute approximate surface area is 344 Å². The van der Waals surface area contributed by atoms with Crippen LogP contribution < -0.4 is 0 Å². The van der Waals surface area contributed by atoms with Crippen molar-refractivity contribution in [3.8, 4) is 51.0 Å². The Bertz CT molecular complexity index is 3260. The fourth-order valence-electron chi connectivity index (χ4n) is 9.44. The minimum Gasteiger partial charge on any atom is -0.309 e. The summed E-state index contributed by atoms with van der Waals surface area (Å²) in [6.07, 6.45) is 2.35. The van der Waals surface area contributed by atoms with Crippen LogP contribution in [0.5, 0.6) is 0 Å². The van der Waals surface area contributed by atoms with Crippen LogP contribution in [-0.4, -0.2) is 19.5 Å². The van der Waals surface area contributed by atoms with Crippen LogP contribution >= 0.6 is 0 Å². The van der Waals surface area contributed by atoms with Crippen molar-refractivity contribution in [3.63, 3.8) is 0 Å².